The van der Waals surface area contributed by atoms with E-state index in [1.165, 1.54) is 0 Å². The molecule has 0 bridgehead atoms. The molecule has 7 heteroatoms. The first-order valence-corrected chi connectivity index (χ1v) is 5.85. The number of fused-ring (bicyclic) bond motifs is 1. The Kier molecular flexibility index (Phi) is 2.34. The molecule has 0 radical (unpaired) electrons. The second-order valence-electron chi connectivity index (χ2n) is 4.16. The van der Waals surface area contributed by atoms with Crippen molar-refractivity contribution in [1.82, 2.24) is 29.8 Å². The van der Waals surface area contributed by atoms with E-state index in [0.717, 1.165) is 28.5 Å². The molecule has 0 aliphatic carbocycles. The fourth-order valence-corrected chi connectivity index (χ4v) is 2.18. The average Bonchev–Trinajstić information content (AvgIpc) is 2.91. The molecule has 0 aliphatic heterocycles. The van der Waals surface area contributed by atoms with Crippen LogP contribution in [-0.4, -0.2) is 29.8 Å². The van der Waals surface area contributed by atoms with Crippen LogP contribution in [0.3, 0.4) is 0 Å². The fourth-order valence-electron chi connectivity index (χ4n) is 1.93. The highest BCUT2D eigenvalue weighted by Gasteiger charge is 2.17. The first-order chi connectivity index (χ1) is 8.59. The van der Waals surface area contributed by atoms with Gasteiger partial charge in [0, 0.05) is 11.4 Å². The largest absolute Gasteiger partial charge is 0.282 e. The number of rotatable bonds is 1. The lowest BCUT2D eigenvalue weighted by Crippen LogP contribution is -2.01. The Morgan fingerprint density at radius 3 is 2.67 bits per heavy atom. The van der Waals surface area contributed by atoms with Gasteiger partial charge in [-0.2, -0.15) is 5.10 Å². The van der Waals surface area contributed by atoms with Gasteiger partial charge in [0.25, 0.3) is 0 Å². The van der Waals surface area contributed by atoms with Crippen molar-refractivity contribution in [3.8, 4) is 11.4 Å². The molecule has 0 spiro atoms. The van der Waals surface area contributed by atoms with Crippen molar-refractivity contribution in [2.75, 3.05) is 0 Å². The molecule has 0 amide bonds. The predicted molar refractivity (Wildman–Crippen MR) is 67.6 cm³/mol. The van der Waals surface area contributed by atoms with Crippen LogP contribution in [0.15, 0.2) is 6.20 Å². The van der Waals surface area contributed by atoms with E-state index in [0.29, 0.717) is 10.8 Å². The Labute approximate surface area is 108 Å². The van der Waals surface area contributed by atoms with Crippen LogP contribution in [0.4, 0.5) is 0 Å². The number of halogens is 1. The monoisotopic (exact) mass is 262 g/mol. The van der Waals surface area contributed by atoms with Crippen LogP contribution in [0.25, 0.3) is 17.0 Å². The molecular formula is C11H11ClN6. The van der Waals surface area contributed by atoms with Crippen LogP contribution in [0.2, 0.25) is 5.15 Å². The topological polar surface area (TPSA) is 71.8 Å². The zero-order valence-electron chi connectivity index (χ0n) is 10.2. The van der Waals surface area contributed by atoms with Crippen molar-refractivity contribution in [1.29, 1.82) is 0 Å². The summed E-state index contributed by atoms with van der Waals surface area (Å²) in [5.74, 6) is 0.723. The lowest BCUT2D eigenvalue weighted by Gasteiger charge is -2.06. The van der Waals surface area contributed by atoms with Crippen LogP contribution in [0.5, 0.6) is 0 Å². The smallest absolute Gasteiger partial charge is 0.199 e. The molecule has 1 N–H and O–H groups in total. The molecule has 3 aromatic heterocycles. The second-order valence-corrected chi connectivity index (χ2v) is 4.52. The minimum Gasteiger partial charge on any atom is -0.282 e. The molecule has 0 saturated heterocycles. The summed E-state index contributed by atoms with van der Waals surface area (Å²) in [4.78, 5) is 4.24. The lowest BCUT2D eigenvalue weighted by atomic mass is 10.2. The summed E-state index contributed by atoms with van der Waals surface area (Å²) in [6.45, 7) is 5.81. The molecule has 18 heavy (non-hydrogen) atoms. The minimum absolute atomic E-state index is 0.359. The SMILES string of the molecule is Cc1nc(Cl)c2nnc(-c3cn[nH]c3C)n2c1C. The highest BCUT2D eigenvalue weighted by Crippen LogP contribution is 2.25. The number of aromatic nitrogens is 6. The van der Waals surface area contributed by atoms with Crippen LogP contribution in [0.1, 0.15) is 17.1 Å². The Balaban J connectivity index is 2.42. The summed E-state index contributed by atoms with van der Waals surface area (Å²) in [5.41, 5.74) is 4.24. The molecule has 3 rings (SSSR count). The number of H-pyrrole nitrogens is 1. The number of hydrogen-bond donors (Lipinski definition) is 1. The van der Waals surface area contributed by atoms with Crippen molar-refractivity contribution in [3.63, 3.8) is 0 Å². The van der Waals surface area contributed by atoms with E-state index in [4.69, 9.17) is 11.6 Å². The molecule has 0 unspecified atom stereocenters. The van der Waals surface area contributed by atoms with Crippen LogP contribution in [0, 0.1) is 20.8 Å². The van der Waals surface area contributed by atoms with Gasteiger partial charge in [0.05, 0.1) is 17.5 Å². The molecule has 92 valence electrons. The number of nitrogens with zero attached hydrogens (tertiary/aromatic N) is 5. The summed E-state index contributed by atoms with van der Waals surface area (Å²) in [5, 5.41) is 15.5. The standard InChI is InChI=1S/C11H11ClN6/c1-5-7(3)18-10(8-4-13-15-6(8)2)16-17-11(18)9(12)14-5/h4H,1-3H3,(H,13,15). The summed E-state index contributed by atoms with van der Waals surface area (Å²) in [6.07, 6.45) is 1.73. The van der Waals surface area contributed by atoms with E-state index in [2.05, 4.69) is 25.4 Å². The number of aryl methyl sites for hydroxylation is 3. The summed E-state index contributed by atoms with van der Waals surface area (Å²) < 4.78 is 1.91. The van der Waals surface area contributed by atoms with Gasteiger partial charge in [-0.1, -0.05) is 11.6 Å². The van der Waals surface area contributed by atoms with Crippen molar-refractivity contribution in [2.24, 2.45) is 0 Å². The van der Waals surface area contributed by atoms with Gasteiger partial charge in [-0.15, -0.1) is 10.2 Å². The Morgan fingerprint density at radius 1 is 1.22 bits per heavy atom. The zero-order valence-corrected chi connectivity index (χ0v) is 10.9. The minimum atomic E-state index is 0.359. The van der Waals surface area contributed by atoms with Gasteiger partial charge < -0.3 is 0 Å². The third kappa shape index (κ3) is 1.42. The van der Waals surface area contributed by atoms with E-state index in [1.807, 2.05) is 25.2 Å². The van der Waals surface area contributed by atoms with Gasteiger partial charge in [0.15, 0.2) is 16.6 Å². The number of aromatic amines is 1. The highest BCUT2D eigenvalue weighted by atomic mass is 35.5. The van der Waals surface area contributed by atoms with E-state index in [-0.39, 0.29) is 0 Å². The summed E-state index contributed by atoms with van der Waals surface area (Å²) in [6, 6.07) is 0. The van der Waals surface area contributed by atoms with Gasteiger partial charge in [-0.25, -0.2) is 4.98 Å². The number of hydrogen-bond acceptors (Lipinski definition) is 4. The Hall–Kier alpha value is -1.95. The van der Waals surface area contributed by atoms with Gasteiger partial charge in [0.2, 0.25) is 0 Å². The Morgan fingerprint density at radius 2 is 2.00 bits per heavy atom. The van der Waals surface area contributed by atoms with E-state index in [1.54, 1.807) is 6.20 Å². The van der Waals surface area contributed by atoms with Crippen molar-refractivity contribution >= 4 is 17.2 Å². The summed E-state index contributed by atoms with van der Waals surface area (Å²) in [7, 11) is 0. The maximum atomic E-state index is 6.09. The molecule has 0 saturated carbocycles. The van der Waals surface area contributed by atoms with E-state index >= 15 is 0 Å². The van der Waals surface area contributed by atoms with Crippen LogP contribution >= 0.6 is 11.6 Å². The van der Waals surface area contributed by atoms with Crippen LogP contribution in [-0.2, 0) is 0 Å². The molecular weight excluding hydrogens is 252 g/mol. The van der Waals surface area contributed by atoms with Gasteiger partial charge in [-0.05, 0) is 20.8 Å². The highest BCUT2D eigenvalue weighted by molar-refractivity contribution is 6.32. The molecule has 0 aliphatic rings. The average molecular weight is 263 g/mol. The molecule has 3 heterocycles. The van der Waals surface area contributed by atoms with Crippen molar-refractivity contribution < 1.29 is 0 Å². The first-order valence-electron chi connectivity index (χ1n) is 5.47. The molecule has 0 atom stereocenters. The third-order valence-corrected chi connectivity index (χ3v) is 3.30. The first kappa shape index (κ1) is 11.2. The van der Waals surface area contributed by atoms with Crippen molar-refractivity contribution in [3.05, 3.63) is 28.4 Å². The van der Waals surface area contributed by atoms with Gasteiger partial charge in [0.1, 0.15) is 0 Å². The molecule has 6 nitrogen and oxygen atoms in total. The maximum Gasteiger partial charge on any atom is 0.199 e. The molecule has 0 aromatic carbocycles. The Bertz CT molecular complexity index is 741. The van der Waals surface area contributed by atoms with Crippen molar-refractivity contribution in [2.45, 2.75) is 20.8 Å². The van der Waals surface area contributed by atoms with Crippen LogP contribution < -0.4 is 0 Å². The molecule has 0 fully saturated rings. The zero-order chi connectivity index (χ0) is 12.9. The van der Waals surface area contributed by atoms with Gasteiger partial charge >= 0.3 is 0 Å². The third-order valence-electron chi connectivity index (χ3n) is 3.04. The second kappa shape index (κ2) is 3.78. The number of nitrogens with one attached hydrogen (secondary N) is 1. The fraction of sp³-hybridized carbons (Fsp3) is 0.273. The van der Waals surface area contributed by atoms with E-state index in [9.17, 15) is 0 Å². The maximum absolute atomic E-state index is 6.09. The quantitative estimate of drug-likeness (QED) is 0.729. The van der Waals surface area contributed by atoms with E-state index < -0.39 is 0 Å². The molecule has 3 aromatic rings. The summed E-state index contributed by atoms with van der Waals surface area (Å²) >= 11 is 6.09. The van der Waals surface area contributed by atoms with Gasteiger partial charge in [-0.3, -0.25) is 9.50 Å². The predicted octanol–water partition coefficient (Wildman–Crippen LogP) is 2.09. The lowest BCUT2D eigenvalue weighted by molar-refractivity contribution is 0.998. The normalized spacial score (nSPS) is 11.3.